The van der Waals surface area contributed by atoms with Gasteiger partial charge in [-0.25, -0.2) is 13.6 Å². The molecule has 0 fully saturated rings. The highest BCUT2D eigenvalue weighted by atomic mass is 19.1. The van der Waals surface area contributed by atoms with E-state index in [1.54, 1.807) is 36.9 Å². The average molecular weight is 453 g/mol. The first-order valence-corrected chi connectivity index (χ1v) is 10.9. The summed E-state index contributed by atoms with van der Waals surface area (Å²) in [6.45, 7) is 4.49. The van der Waals surface area contributed by atoms with Crippen molar-refractivity contribution < 1.29 is 18.4 Å². The van der Waals surface area contributed by atoms with Crippen molar-refractivity contribution in [1.29, 1.82) is 0 Å². The van der Waals surface area contributed by atoms with Crippen molar-refractivity contribution >= 4 is 17.6 Å². The number of nitrogens with one attached hydrogen (secondary N) is 1. The number of urea groups is 1. The van der Waals surface area contributed by atoms with E-state index in [1.165, 1.54) is 35.2 Å². The second kappa shape index (κ2) is 9.44. The fourth-order valence-corrected chi connectivity index (χ4v) is 4.12. The number of amides is 3. The van der Waals surface area contributed by atoms with E-state index in [0.717, 1.165) is 11.3 Å². The molecule has 2 heterocycles. The van der Waals surface area contributed by atoms with Gasteiger partial charge in [-0.2, -0.15) is 0 Å². The Labute approximate surface area is 191 Å². The summed E-state index contributed by atoms with van der Waals surface area (Å²) in [7, 11) is 0. The van der Waals surface area contributed by atoms with Gasteiger partial charge in [0.25, 0.3) is 0 Å². The number of benzene rings is 2. The van der Waals surface area contributed by atoms with Gasteiger partial charge in [-0.3, -0.25) is 4.79 Å². The van der Waals surface area contributed by atoms with Crippen LogP contribution in [0.1, 0.15) is 31.1 Å². The third-order valence-electron chi connectivity index (χ3n) is 5.85. The molecule has 1 atom stereocenters. The number of hydrogen-bond donors (Lipinski definition) is 1. The predicted octanol–water partition coefficient (Wildman–Crippen LogP) is 4.64. The maximum absolute atomic E-state index is 14.0. The zero-order chi connectivity index (χ0) is 23.5. The molecule has 4 rings (SSSR count). The van der Waals surface area contributed by atoms with Crippen LogP contribution in [0.2, 0.25) is 0 Å². The van der Waals surface area contributed by atoms with Crippen LogP contribution in [0, 0.1) is 11.6 Å². The van der Waals surface area contributed by atoms with Gasteiger partial charge in [0.2, 0.25) is 5.91 Å². The van der Waals surface area contributed by atoms with E-state index in [-0.39, 0.29) is 30.0 Å². The van der Waals surface area contributed by atoms with Gasteiger partial charge in [0, 0.05) is 31.0 Å². The molecule has 1 aliphatic heterocycles. The monoisotopic (exact) mass is 452 g/mol. The Morgan fingerprint density at radius 1 is 1.03 bits per heavy atom. The van der Waals surface area contributed by atoms with Crippen LogP contribution in [0.5, 0.6) is 0 Å². The molecule has 1 N–H and O–H groups in total. The zero-order valence-electron chi connectivity index (χ0n) is 18.5. The number of para-hydroxylation sites is 1. The van der Waals surface area contributed by atoms with Crippen molar-refractivity contribution in [2.75, 3.05) is 18.4 Å². The lowest BCUT2D eigenvalue weighted by Gasteiger charge is -2.39. The highest BCUT2D eigenvalue weighted by Crippen LogP contribution is 2.32. The SMILES string of the molecule is CC(C)N(CC(=O)N1CCn2cccc2C1c1ccc(F)cc1)C(=O)Nc1ccccc1F. The van der Waals surface area contributed by atoms with Gasteiger partial charge in [0.05, 0.1) is 11.7 Å². The summed E-state index contributed by atoms with van der Waals surface area (Å²) in [6, 6.07) is 14.6. The summed E-state index contributed by atoms with van der Waals surface area (Å²) in [5, 5.41) is 2.56. The lowest BCUT2D eigenvalue weighted by molar-refractivity contribution is -0.134. The number of carbonyl (C=O) groups excluding carboxylic acids is 2. The molecule has 0 bridgehead atoms. The summed E-state index contributed by atoms with van der Waals surface area (Å²) in [6.07, 6.45) is 1.95. The molecule has 8 heteroatoms. The van der Waals surface area contributed by atoms with E-state index in [0.29, 0.717) is 13.1 Å². The summed E-state index contributed by atoms with van der Waals surface area (Å²) >= 11 is 0. The van der Waals surface area contributed by atoms with Gasteiger partial charge >= 0.3 is 6.03 Å². The normalized spacial score (nSPS) is 15.3. The van der Waals surface area contributed by atoms with E-state index >= 15 is 0 Å². The Hall–Kier alpha value is -3.68. The maximum Gasteiger partial charge on any atom is 0.322 e. The molecule has 0 aliphatic carbocycles. The summed E-state index contributed by atoms with van der Waals surface area (Å²) in [4.78, 5) is 29.5. The fourth-order valence-electron chi connectivity index (χ4n) is 4.12. The van der Waals surface area contributed by atoms with Gasteiger partial charge in [-0.05, 0) is 55.8 Å². The van der Waals surface area contributed by atoms with Gasteiger partial charge in [0.15, 0.2) is 0 Å². The predicted molar refractivity (Wildman–Crippen MR) is 122 cm³/mol. The molecule has 0 radical (unpaired) electrons. The Balaban J connectivity index is 1.57. The summed E-state index contributed by atoms with van der Waals surface area (Å²) in [5.74, 6) is -1.14. The Morgan fingerprint density at radius 2 is 1.76 bits per heavy atom. The number of fused-ring (bicyclic) bond motifs is 1. The van der Waals surface area contributed by atoms with Gasteiger partial charge in [-0.1, -0.05) is 24.3 Å². The molecule has 1 aliphatic rings. The largest absolute Gasteiger partial charge is 0.348 e. The first-order chi connectivity index (χ1) is 15.8. The maximum atomic E-state index is 14.0. The summed E-state index contributed by atoms with van der Waals surface area (Å²) in [5.41, 5.74) is 1.77. The second-order valence-corrected chi connectivity index (χ2v) is 8.30. The molecular formula is C25H26F2N4O2. The Bertz CT molecular complexity index is 1140. The van der Waals surface area contributed by atoms with E-state index in [1.807, 2.05) is 18.3 Å². The number of aromatic nitrogens is 1. The van der Waals surface area contributed by atoms with Crippen molar-refractivity contribution in [1.82, 2.24) is 14.4 Å². The van der Waals surface area contributed by atoms with E-state index in [9.17, 15) is 18.4 Å². The van der Waals surface area contributed by atoms with Gasteiger partial charge < -0.3 is 19.7 Å². The van der Waals surface area contributed by atoms with Crippen LogP contribution < -0.4 is 5.32 Å². The van der Waals surface area contributed by atoms with Crippen LogP contribution in [0.15, 0.2) is 66.9 Å². The van der Waals surface area contributed by atoms with E-state index in [2.05, 4.69) is 9.88 Å². The van der Waals surface area contributed by atoms with Gasteiger partial charge in [-0.15, -0.1) is 0 Å². The van der Waals surface area contributed by atoms with Crippen LogP contribution in [0.3, 0.4) is 0 Å². The van der Waals surface area contributed by atoms with E-state index in [4.69, 9.17) is 0 Å². The molecular weight excluding hydrogens is 426 g/mol. The van der Waals surface area contributed by atoms with Crippen molar-refractivity contribution in [3.8, 4) is 0 Å². The average Bonchev–Trinajstić information content (AvgIpc) is 3.27. The molecule has 1 aromatic heterocycles. The first kappa shape index (κ1) is 22.5. The molecule has 0 saturated heterocycles. The van der Waals surface area contributed by atoms with Crippen molar-refractivity contribution in [2.24, 2.45) is 0 Å². The number of nitrogens with zero attached hydrogens (tertiary/aromatic N) is 3. The van der Waals surface area contributed by atoms with Gasteiger partial charge in [0.1, 0.15) is 18.2 Å². The molecule has 0 saturated carbocycles. The number of anilines is 1. The number of hydrogen-bond acceptors (Lipinski definition) is 2. The molecule has 0 spiro atoms. The minimum Gasteiger partial charge on any atom is -0.348 e. The third kappa shape index (κ3) is 4.74. The molecule has 3 aromatic rings. The molecule has 3 amide bonds. The molecule has 172 valence electrons. The van der Waals surface area contributed by atoms with Crippen molar-refractivity contribution in [3.63, 3.8) is 0 Å². The minimum absolute atomic E-state index is 0.0561. The van der Waals surface area contributed by atoms with Crippen molar-refractivity contribution in [3.05, 3.63) is 89.8 Å². The van der Waals surface area contributed by atoms with E-state index < -0.39 is 17.9 Å². The zero-order valence-corrected chi connectivity index (χ0v) is 18.5. The standard InChI is InChI=1S/C25H26F2N4O2/c1-17(2)31(25(33)28-21-7-4-3-6-20(21)27)16-23(32)30-15-14-29-13-5-8-22(29)24(30)18-9-11-19(26)12-10-18/h3-13,17,24H,14-16H2,1-2H3,(H,28,33). The number of halogens is 2. The van der Waals surface area contributed by atoms with Crippen LogP contribution in [0.25, 0.3) is 0 Å². The van der Waals surface area contributed by atoms with Crippen LogP contribution >= 0.6 is 0 Å². The first-order valence-electron chi connectivity index (χ1n) is 10.9. The molecule has 2 aromatic carbocycles. The Morgan fingerprint density at radius 3 is 2.45 bits per heavy atom. The number of carbonyl (C=O) groups is 2. The minimum atomic E-state index is -0.554. The number of rotatable bonds is 5. The fraction of sp³-hybridized carbons (Fsp3) is 0.280. The molecule has 1 unspecified atom stereocenters. The summed E-state index contributed by atoms with van der Waals surface area (Å²) < 4.78 is 29.6. The quantitative estimate of drug-likeness (QED) is 0.613. The Kier molecular flexibility index (Phi) is 6.44. The van der Waals surface area contributed by atoms with Crippen LogP contribution in [-0.4, -0.2) is 45.4 Å². The van der Waals surface area contributed by atoms with Crippen LogP contribution in [-0.2, 0) is 11.3 Å². The second-order valence-electron chi connectivity index (χ2n) is 8.30. The highest BCUT2D eigenvalue weighted by molar-refractivity contribution is 5.92. The molecule has 33 heavy (non-hydrogen) atoms. The highest BCUT2D eigenvalue weighted by Gasteiger charge is 2.34. The third-order valence-corrected chi connectivity index (χ3v) is 5.85. The van der Waals surface area contributed by atoms with Crippen molar-refractivity contribution in [2.45, 2.75) is 32.5 Å². The smallest absolute Gasteiger partial charge is 0.322 e. The van der Waals surface area contributed by atoms with Crippen LogP contribution in [0.4, 0.5) is 19.3 Å². The lowest BCUT2D eigenvalue weighted by Crippen LogP contribution is -2.50. The topological polar surface area (TPSA) is 57.6 Å². The lowest BCUT2D eigenvalue weighted by atomic mass is 9.99. The molecule has 6 nitrogen and oxygen atoms in total.